The van der Waals surface area contributed by atoms with Crippen LogP contribution in [0.3, 0.4) is 0 Å². The molecule has 0 aliphatic carbocycles. The van der Waals surface area contributed by atoms with Gasteiger partial charge >= 0.3 is 0 Å². The number of carbonyl (C=O) groups excluding carboxylic acids is 1. The highest BCUT2D eigenvalue weighted by molar-refractivity contribution is 9.10. The van der Waals surface area contributed by atoms with E-state index in [4.69, 9.17) is 0 Å². The first-order valence-corrected chi connectivity index (χ1v) is 7.62. The fraction of sp³-hybridized carbons (Fsp3) is 0.133. The highest BCUT2D eigenvalue weighted by Crippen LogP contribution is 2.17. The summed E-state index contributed by atoms with van der Waals surface area (Å²) in [5, 5.41) is 0. The van der Waals surface area contributed by atoms with Crippen molar-refractivity contribution in [2.45, 2.75) is 11.3 Å². The van der Waals surface area contributed by atoms with Gasteiger partial charge in [0.1, 0.15) is 0 Å². The fourth-order valence-electron chi connectivity index (χ4n) is 1.67. The smallest absolute Gasteiger partial charge is 0.167 e. The molecule has 0 fully saturated rings. The van der Waals surface area contributed by atoms with Crippen LogP contribution in [0.15, 0.2) is 57.9 Å². The van der Waals surface area contributed by atoms with Gasteiger partial charge in [-0.15, -0.1) is 11.8 Å². The number of Topliss-reactive ketones (excluding diaryl/α,β-unsaturated/α-hetero) is 1. The average molecular weight is 321 g/mol. The van der Waals surface area contributed by atoms with E-state index in [-0.39, 0.29) is 5.78 Å². The van der Waals surface area contributed by atoms with Crippen LogP contribution < -0.4 is 0 Å². The van der Waals surface area contributed by atoms with E-state index in [1.165, 1.54) is 4.90 Å². The van der Waals surface area contributed by atoms with E-state index in [1.54, 1.807) is 11.8 Å². The SMILES string of the molecule is CSc1ccc(C(=O)Cc2ccc(Br)cc2)cc1. The third kappa shape index (κ3) is 3.47. The van der Waals surface area contributed by atoms with Crippen LogP contribution in [0.4, 0.5) is 0 Å². The van der Waals surface area contributed by atoms with Gasteiger partial charge in [0.05, 0.1) is 0 Å². The number of carbonyl (C=O) groups is 1. The summed E-state index contributed by atoms with van der Waals surface area (Å²) in [7, 11) is 0. The number of ketones is 1. The van der Waals surface area contributed by atoms with E-state index in [9.17, 15) is 4.79 Å². The molecule has 0 saturated heterocycles. The molecular formula is C15H13BrOS. The second-order valence-corrected chi connectivity index (χ2v) is 5.75. The van der Waals surface area contributed by atoms with Crippen LogP contribution >= 0.6 is 27.7 Å². The molecule has 0 saturated carbocycles. The molecule has 2 aromatic rings. The standard InChI is InChI=1S/C15H13BrOS/c1-18-14-8-4-12(5-9-14)15(17)10-11-2-6-13(16)7-3-11/h2-9H,10H2,1H3. The molecule has 1 nitrogen and oxygen atoms in total. The monoisotopic (exact) mass is 320 g/mol. The van der Waals surface area contributed by atoms with Gasteiger partial charge in [-0.1, -0.05) is 40.2 Å². The number of rotatable bonds is 4. The third-order valence-corrected chi connectivity index (χ3v) is 3.96. The van der Waals surface area contributed by atoms with Crippen molar-refractivity contribution in [3.05, 3.63) is 64.1 Å². The van der Waals surface area contributed by atoms with Gasteiger partial charge in [0.15, 0.2) is 5.78 Å². The first kappa shape index (κ1) is 13.4. The van der Waals surface area contributed by atoms with Crippen LogP contribution in [0.1, 0.15) is 15.9 Å². The predicted molar refractivity (Wildman–Crippen MR) is 80.4 cm³/mol. The van der Waals surface area contributed by atoms with Crippen molar-refractivity contribution in [1.29, 1.82) is 0 Å². The Morgan fingerprint density at radius 3 is 2.22 bits per heavy atom. The van der Waals surface area contributed by atoms with Crippen LogP contribution in [0, 0.1) is 0 Å². The predicted octanol–water partition coefficient (Wildman–Crippen LogP) is 4.60. The molecule has 0 unspecified atom stereocenters. The highest BCUT2D eigenvalue weighted by atomic mass is 79.9. The van der Waals surface area contributed by atoms with Crippen molar-refractivity contribution >= 4 is 33.5 Å². The lowest BCUT2D eigenvalue weighted by molar-refractivity contribution is 0.0993. The number of hydrogen-bond donors (Lipinski definition) is 0. The molecule has 0 amide bonds. The maximum Gasteiger partial charge on any atom is 0.167 e. The molecule has 18 heavy (non-hydrogen) atoms. The van der Waals surface area contributed by atoms with E-state index in [0.29, 0.717) is 6.42 Å². The second-order valence-electron chi connectivity index (χ2n) is 3.95. The summed E-state index contributed by atoms with van der Waals surface area (Å²) in [6.07, 6.45) is 2.48. The van der Waals surface area contributed by atoms with Gasteiger partial charge in [0.25, 0.3) is 0 Å². The largest absolute Gasteiger partial charge is 0.294 e. The zero-order valence-corrected chi connectivity index (χ0v) is 12.4. The van der Waals surface area contributed by atoms with Crippen molar-refractivity contribution < 1.29 is 4.79 Å². The molecule has 2 aromatic carbocycles. The Morgan fingerprint density at radius 2 is 1.67 bits per heavy atom. The van der Waals surface area contributed by atoms with E-state index >= 15 is 0 Å². The molecule has 0 N–H and O–H groups in total. The van der Waals surface area contributed by atoms with Gasteiger partial charge < -0.3 is 0 Å². The molecule has 3 heteroatoms. The molecule has 92 valence electrons. The van der Waals surface area contributed by atoms with E-state index in [1.807, 2.05) is 54.8 Å². The minimum absolute atomic E-state index is 0.157. The van der Waals surface area contributed by atoms with Gasteiger partial charge in [-0.05, 0) is 36.1 Å². The second kappa shape index (κ2) is 6.21. The number of halogens is 1. The topological polar surface area (TPSA) is 17.1 Å². The molecule has 2 rings (SSSR count). The van der Waals surface area contributed by atoms with Crippen molar-refractivity contribution in [2.75, 3.05) is 6.26 Å². The summed E-state index contributed by atoms with van der Waals surface area (Å²) < 4.78 is 1.03. The summed E-state index contributed by atoms with van der Waals surface area (Å²) in [6, 6.07) is 15.6. The molecule has 0 radical (unpaired) electrons. The minimum Gasteiger partial charge on any atom is -0.294 e. The highest BCUT2D eigenvalue weighted by Gasteiger charge is 2.06. The maximum atomic E-state index is 12.1. The fourth-order valence-corrected chi connectivity index (χ4v) is 2.34. The van der Waals surface area contributed by atoms with Crippen molar-refractivity contribution in [1.82, 2.24) is 0 Å². The molecule has 0 aliphatic heterocycles. The molecule has 0 aliphatic rings. The van der Waals surface area contributed by atoms with E-state index in [0.717, 1.165) is 15.6 Å². The van der Waals surface area contributed by atoms with Crippen LogP contribution in [0.5, 0.6) is 0 Å². The molecule has 0 aromatic heterocycles. The van der Waals surface area contributed by atoms with Crippen LogP contribution in [-0.2, 0) is 6.42 Å². The molecule has 0 spiro atoms. The normalized spacial score (nSPS) is 10.3. The Bertz CT molecular complexity index is 531. The Labute approximate surface area is 120 Å². The maximum absolute atomic E-state index is 12.1. The summed E-state index contributed by atoms with van der Waals surface area (Å²) in [5.41, 5.74) is 1.81. The lowest BCUT2D eigenvalue weighted by atomic mass is 10.0. The zero-order chi connectivity index (χ0) is 13.0. The minimum atomic E-state index is 0.157. The molecule has 0 atom stereocenters. The Kier molecular flexibility index (Phi) is 4.61. The van der Waals surface area contributed by atoms with Gasteiger partial charge in [-0.25, -0.2) is 0 Å². The summed E-state index contributed by atoms with van der Waals surface area (Å²) >= 11 is 5.06. The van der Waals surface area contributed by atoms with E-state index in [2.05, 4.69) is 15.9 Å². The molecule has 0 heterocycles. The first-order valence-electron chi connectivity index (χ1n) is 5.61. The Hall–Kier alpha value is -1.06. The zero-order valence-electron chi connectivity index (χ0n) is 10.0. The average Bonchev–Trinajstić information content (AvgIpc) is 2.41. The molecular weight excluding hydrogens is 308 g/mol. The number of hydrogen-bond acceptors (Lipinski definition) is 2. The molecule has 0 bridgehead atoms. The summed E-state index contributed by atoms with van der Waals surface area (Å²) in [4.78, 5) is 13.3. The number of thioether (sulfide) groups is 1. The third-order valence-electron chi connectivity index (χ3n) is 2.69. The van der Waals surface area contributed by atoms with Crippen molar-refractivity contribution in [2.24, 2.45) is 0 Å². The van der Waals surface area contributed by atoms with Gasteiger partial charge in [-0.3, -0.25) is 4.79 Å². The van der Waals surface area contributed by atoms with Gasteiger partial charge in [-0.2, -0.15) is 0 Å². The van der Waals surface area contributed by atoms with Crippen LogP contribution in [0.2, 0.25) is 0 Å². The van der Waals surface area contributed by atoms with Crippen molar-refractivity contribution in [3.63, 3.8) is 0 Å². The quantitative estimate of drug-likeness (QED) is 0.605. The van der Waals surface area contributed by atoms with E-state index < -0.39 is 0 Å². The summed E-state index contributed by atoms with van der Waals surface area (Å²) in [6.45, 7) is 0. The van der Waals surface area contributed by atoms with Gasteiger partial charge in [0.2, 0.25) is 0 Å². The first-order chi connectivity index (χ1) is 8.69. The van der Waals surface area contributed by atoms with Crippen LogP contribution in [0.25, 0.3) is 0 Å². The number of benzene rings is 2. The Morgan fingerprint density at radius 1 is 1.06 bits per heavy atom. The lowest BCUT2D eigenvalue weighted by Crippen LogP contribution is -2.03. The Balaban J connectivity index is 2.09. The van der Waals surface area contributed by atoms with Crippen LogP contribution in [-0.4, -0.2) is 12.0 Å². The van der Waals surface area contributed by atoms with Crippen molar-refractivity contribution in [3.8, 4) is 0 Å². The van der Waals surface area contributed by atoms with Gasteiger partial charge in [0, 0.05) is 21.4 Å². The lowest BCUT2D eigenvalue weighted by Gasteiger charge is -2.03. The summed E-state index contributed by atoms with van der Waals surface area (Å²) in [5.74, 6) is 0.157.